The molecule has 0 unspecified atom stereocenters. The predicted octanol–water partition coefficient (Wildman–Crippen LogP) is 2.63. The Labute approximate surface area is 85.5 Å². The van der Waals surface area contributed by atoms with Crippen LogP contribution in [0, 0.1) is 20.8 Å². The highest BCUT2D eigenvalue weighted by molar-refractivity contribution is 14.1. The Bertz CT molecular complexity index is 373. The van der Waals surface area contributed by atoms with E-state index in [2.05, 4.69) is 4.98 Å². The minimum Gasteiger partial charge on any atom is -0.228 e. The zero-order valence-corrected chi connectivity index (χ0v) is 8.22. The monoisotopic (exact) mass is 298 g/mol. The van der Waals surface area contributed by atoms with Gasteiger partial charge in [-0.1, -0.05) is 0 Å². The second-order valence-corrected chi connectivity index (χ2v) is 3.13. The molecule has 0 N–H and O–H groups in total. The molecule has 0 saturated carbocycles. The number of hydrogen-bond donors (Lipinski definition) is 0. The van der Waals surface area contributed by atoms with Crippen molar-refractivity contribution in [1.29, 1.82) is 5.26 Å². The average Bonchev–Trinajstić information content (AvgIpc) is 2.08. The van der Waals surface area contributed by atoms with Crippen LogP contribution in [0.15, 0.2) is 6.07 Å². The molecule has 0 bridgehead atoms. The van der Waals surface area contributed by atoms with Crippen molar-refractivity contribution in [3.63, 3.8) is 0 Å². The smallest absolute Gasteiger partial charge is 0.228 e. The summed E-state index contributed by atoms with van der Waals surface area (Å²) in [5.41, 5.74) is -1.10. The Morgan fingerprint density at radius 2 is 2.15 bits per heavy atom. The normalized spacial score (nSPS) is 10.2. The van der Waals surface area contributed by atoms with Crippen LogP contribution in [-0.4, -0.2) is 4.98 Å². The molecule has 1 heterocycles. The van der Waals surface area contributed by atoms with Gasteiger partial charge in [0.1, 0.15) is 9.77 Å². The molecule has 1 aromatic rings. The maximum atomic E-state index is 12.7. The third-order valence-corrected chi connectivity index (χ3v) is 2.06. The Balaban J connectivity index is 3.35. The summed E-state index contributed by atoms with van der Waals surface area (Å²) in [5.74, 6) is -0.838. The SMILES string of the molecule is N#Cc1nc(I)c(F)cc1C(F)F. The van der Waals surface area contributed by atoms with Gasteiger partial charge >= 0.3 is 0 Å². The fourth-order valence-corrected chi connectivity index (χ4v) is 1.13. The van der Waals surface area contributed by atoms with Gasteiger partial charge < -0.3 is 0 Å². The first-order valence-electron chi connectivity index (χ1n) is 3.10. The maximum Gasteiger partial charge on any atom is 0.266 e. The second kappa shape index (κ2) is 3.91. The molecule has 0 aliphatic carbocycles. The third kappa shape index (κ3) is 2.09. The Morgan fingerprint density at radius 1 is 1.54 bits per heavy atom. The molecule has 6 heteroatoms. The van der Waals surface area contributed by atoms with E-state index in [9.17, 15) is 13.2 Å². The number of halogens is 4. The molecule has 0 saturated heterocycles. The van der Waals surface area contributed by atoms with E-state index in [4.69, 9.17) is 5.26 Å². The maximum absolute atomic E-state index is 12.7. The van der Waals surface area contributed by atoms with Crippen molar-refractivity contribution in [2.45, 2.75) is 6.43 Å². The fourth-order valence-electron chi connectivity index (χ4n) is 0.736. The highest BCUT2D eigenvalue weighted by Crippen LogP contribution is 2.23. The molecule has 68 valence electrons. The molecule has 0 aromatic carbocycles. The molecule has 1 rings (SSSR count). The molecule has 13 heavy (non-hydrogen) atoms. The molecular formula is C7H2F3IN2. The van der Waals surface area contributed by atoms with E-state index in [1.54, 1.807) is 0 Å². The molecule has 2 nitrogen and oxygen atoms in total. The van der Waals surface area contributed by atoms with Crippen LogP contribution in [0.25, 0.3) is 0 Å². The minimum absolute atomic E-state index is 0.0847. The van der Waals surface area contributed by atoms with Crippen molar-refractivity contribution in [1.82, 2.24) is 4.98 Å². The van der Waals surface area contributed by atoms with E-state index < -0.39 is 23.5 Å². The van der Waals surface area contributed by atoms with Gasteiger partial charge in [-0.05, 0) is 28.7 Å². The van der Waals surface area contributed by atoms with Crippen LogP contribution in [-0.2, 0) is 0 Å². The Kier molecular flexibility index (Phi) is 3.08. The molecule has 0 radical (unpaired) electrons. The van der Waals surface area contributed by atoms with Crippen LogP contribution < -0.4 is 0 Å². The number of rotatable bonds is 1. The van der Waals surface area contributed by atoms with Gasteiger partial charge in [0.2, 0.25) is 0 Å². The standard InChI is InChI=1S/C7H2F3IN2/c8-4-1-3(6(9)10)5(2-12)13-7(4)11/h1,6H. The van der Waals surface area contributed by atoms with E-state index in [1.807, 2.05) is 0 Å². The number of alkyl halides is 2. The predicted molar refractivity (Wildman–Crippen MR) is 46.6 cm³/mol. The second-order valence-electron chi connectivity index (χ2n) is 2.11. The number of nitriles is 1. The zero-order valence-electron chi connectivity index (χ0n) is 6.06. The van der Waals surface area contributed by atoms with E-state index in [0.717, 1.165) is 0 Å². The third-order valence-electron chi connectivity index (χ3n) is 1.30. The lowest BCUT2D eigenvalue weighted by molar-refractivity contribution is 0.150. The van der Waals surface area contributed by atoms with E-state index >= 15 is 0 Å². The molecule has 0 fully saturated rings. The first-order valence-corrected chi connectivity index (χ1v) is 4.18. The van der Waals surface area contributed by atoms with Crippen LogP contribution in [0.4, 0.5) is 13.2 Å². The van der Waals surface area contributed by atoms with Crippen molar-refractivity contribution in [3.8, 4) is 6.07 Å². The lowest BCUT2D eigenvalue weighted by Gasteiger charge is -2.02. The number of aromatic nitrogens is 1. The summed E-state index contributed by atoms with van der Waals surface area (Å²) in [6, 6.07) is 2.12. The summed E-state index contributed by atoms with van der Waals surface area (Å²) in [7, 11) is 0. The summed E-state index contributed by atoms with van der Waals surface area (Å²) in [6.07, 6.45) is -2.88. The molecule has 0 aliphatic heterocycles. The van der Waals surface area contributed by atoms with Crippen LogP contribution >= 0.6 is 22.6 Å². The minimum atomic E-state index is -2.88. The first-order chi connectivity index (χ1) is 6.06. The van der Waals surface area contributed by atoms with Crippen molar-refractivity contribution in [2.24, 2.45) is 0 Å². The van der Waals surface area contributed by atoms with Gasteiger partial charge in [0.15, 0.2) is 11.5 Å². The topological polar surface area (TPSA) is 36.7 Å². The lowest BCUT2D eigenvalue weighted by atomic mass is 10.2. The van der Waals surface area contributed by atoms with Gasteiger partial charge in [0.25, 0.3) is 6.43 Å². The van der Waals surface area contributed by atoms with Crippen molar-refractivity contribution in [2.75, 3.05) is 0 Å². The molecule has 0 amide bonds. The lowest BCUT2D eigenvalue weighted by Crippen LogP contribution is -1.99. The Morgan fingerprint density at radius 3 is 2.62 bits per heavy atom. The largest absolute Gasteiger partial charge is 0.266 e. The Hall–Kier alpha value is -0.840. The zero-order chi connectivity index (χ0) is 10.0. The van der Waals surface area contributed by atoms with Crippen LogP contribution in [0.3, 0.4) is 0 Å². The first kappa shape index (κ1) is 10.2. The number of nitrogens with zero attached hydrogens (tertiary/aromatic N) is 2. The highest BCUT2D eigenvalue weighted by atomic mass is 127. The van der Waals surface area contributed by atoms with E-state index in [0.29, 0.717) is 6.07 Å². The molecule has 0 spiro atoms. The van der Waals surface area contributed by atoms with Crippen molar-refractivity contribution < 1.29 is 13.2 Å². The molecule has 1 aromatic heterocycles. The van der Waals surface area contributed by atoms with E-state index in [1.165, 1.54) is 28.7 Å². The summed E-state index contributed by atoms with van der Waals surface area (Å²) >= 11 is 1.53. The molecule has 0 aliphatic rings. The number of hydrogen-bond acceptors (Lipinski definition) is 2. The fraction of sp³-hybridized carbons (Fsp3) is 0.143. The van der Waals surface area contributed by atoms with E-state index in [-0.39, 0.29) is 3.70 Å². The van der Waals surface area contributed by atoms with Crippen LogP contribution in [0.2, 0.25) is 0 Å². The molecule has 0 atom stereocenters. The van der Waals surface area contributed by atoms with Gasteiger partial charge in [0, 0.05) is 0 Å². The summed E-state index contributed by atoms with van der Waals surface area (Å²) in [4.78, 5) is 3.38. The van der Waals surface area contributed by atoms with Gasteiger partial charge in [-0.15, -0.1) is 0 Å². The van der Waals surface area contributed by atoms with Gasteiger partial charge in [-0.25, -0.2) is 18.2 Å². The summed E-state index contributed by atoms with van der Waals surface area (Å²) in [5, 5.41) is 8.41. The van der Waals surface area contributed by atoms with Crippen LogP contribution in [0.5, 0.6) is 0 Å². The van der Waals surface area contributed by atoms with Crippen molar-refractivity contribution in [3.05, 3.63) is 26.8 Å². The molecular weight excluding hydrogens is 296 g/mol. The van der Waals surface area contributed by atoms with Gasteiger partial charge in [-0.3, -0.25) is 0 Å². The van der Waals surface area contributed by atoms with Crippen LogP contribution in [0.1, 0.15) is 17.7 Å². The average molecular weight is 298 g/mol. The summed E-state index contributed by atoms with van der Waals surface area (Å²) in [6.45, 7) is 0. The summed E-state index contributed by atoms with van der Waals surface area (Å²) < 4.78 is 37.0. The van der Waals surface area contributed by atoms with Gasteiger partial charge in [-0.2, -0.15) is 5.26 Å². The number of pyridine rings is 1. The highest BCUT2D eigenvalue weighted by Gasteiger charge is 2.17. The van der Waals surface area contributed by atoms with Crippen molar-refractivity contribution >= 4 is 22.6 Å². The quantitative estimate of drug-likeness (QED) is 0.590. The van der Waals surface area contributed by atoms with Gasteiger partial charge in [0.05, 0.1) is 5.56 Å².